The highest BCUT2D eigenvalue weighted by Gasteiger charge is 2.19. The SMILES string of the molecule is Nc1ncc(Cl)cc1CCCNC1CC1. The van der Waals surface area contributed by atoms with Gasteiger partial charge >= 0.3 is 0 Å². The highest BCUT2D eigenvalue weighted by Crippen LogP contribution is 2.19. The smallest absolute Gasteiger partial charge is 0.126 e. The molecule has 4 heteroatoms. The van der Waals surface area contributed by atoms with Crippen LogP contribution in [0.1, 0.15) is 24.8 Å². The molecule has 1 aromatic rings. The standard InChI is InChI=1S/C11H16ClN3/c12-9-6-8(11(13)15-7-9)2-1-5-14-10-3-4-10/h6-7,10,14H,1-5H2,(H2,13,15). The number of nitrogens with two attached hydrogens (primary N) is 1. The van der Waals surface area contributed by atoms with Crippen molar-refractivity contribution in [1.29, 1.82) is 0 Å². The van der Waals surface area contributed by atoms with Crippen LogP contribution in [0.2, 0.25) is 5.02 Å². The number of aromatic nitrogens is 1. The van der Waals surface area contributed by atoms with Gasteiger partial charge in [0.25, 0.3) is 0 Å². The number of hydrogen-bond acceptors (Lipinski definition) is 3. The van der Waals surface area contributed by atoms with E-state index in [2.05, 4.69) is 10.3 Å². The van der Waals surface area contributed by atoms with E-state index >= 15 is 0 Å². The van der Waals surface area contributed by atoms with E-state index in [1.165, 1.54) is 12.8 Å². The summed E-state index contributed by atoms with van der Waals surface area (Å²) in [6.45, 7) is 1.05. The van der Waals surface area contributed by atoms with Crippen LogP contribution in [0.5, 0.6) is 0 Å². The van der Waals surface area contributed by atoms with Crippen LogP contribution in [0.3, 0.4) is 0 Å². The molecule has 82 valence electrons. The summed E-state index contributed by atoms with van der Waals surface area (Å²) in [7, 11) is 0. The van der Waals surface area contributed by atoms with Gasteiger partial charge in [-0.05, 0) is 43.9 Å². The molecule has 2 rings (SSSR count). The molecular formula is C11H16ClN3. The third-order valence-corrected chi connectivity index (χ3v) is 2.81. The predicted octanol–water partition coefficient (Wildman–Crippen LogP) is 2.00. The lowest BCUT2D eigenvalue weighted by atomic mass is 10.1. The molecule has 15 heavy (non-hydrogen) atoms. The summed E-state index contributed by atoms with van der Waals surface area (Å²) in [4.78, 5) is 4.03. The Balaban J connectivity index is 1.78. The van der Waals surface area contributed by atoms with Crippen LogP contribution in [0.25, 0.3) is 0 Å². The summed E-state index contributed by atoms with van der Waals surface area (Å²) in [5.74, 6) is 0.603. The molecule has 3 nitrogen and oxygen atoms in total. The van der Waals surface area contributed by atoms with Gasteiger partial charge in [0.05, 0.1) is 5.02 Å². The first kappa shape index (κ1) is 10.7. The van der Waals surface area contributed by atoms with Crippen molar-refractivity contribution in [3.05, 3.63) is 22.8 Å². The number of nitrogens with one attached hydrogen (secondary N) is 1. The summed E-state index contributed by atoms with van der Waals surface area (Å²) >= 11 is 5.86. The van der Waals surface area contributed by atoms with Crippen molar-refractivity contribution in [2.24, 2.45) is 0 Å². The van der Waals surface area contributed by atoms with Gasteiger partial charge in [-0.1, -0.05) is 11.6 Å². The second-order valence-corrected chi connectivity index (χ2v) is 4.47. The maximum absolute atomic E-state index is 5.86. The molecule has 0 aliphatic heterocycles. The van der Waals surface area contributed by atoms with Crippen LogP contribution in [0, 0.1) is 0 Å². The topological polar surface area (TPSA) is 50.9 Å². The number of halogens is 1. The van der Waals surface area contributed by atoms with Gasteiger partial charge in [0.15, 0.2) is 0 Å². The fourth-order valence-corrected chi connectivity index (χ4v) is 1.74. The first-order valence-electron chi connectivity index (χ1n) is 5.39. The third-order valence-electron chi connectivity index (χ3n) is 2.60. The summed E-state index contributed by atoms with van der Waals surface area (Å²) in [5.41, 5.74) is 6.81. The van der Waals surface area contributed by atoms with Crippen molar-refractivity contribution in [2.45, 2.75) is 31.7 Å². The van der Waals surface area contributed by atoms with Crippen LogP contribution in [0.4, 0.5) is 5.82 Å². The first-order chi connectivity index (χ1) is 7.25. The molecule has 0 spiro atoms. The second kappa shape index (κ2) is 4.81. The minimum absolute atomic E-state index is 0.603. The molecule has 1 aliphatic carbocycles. The maximum Gasteiger partial charge on any atom is 0.126 e. The quantitative estimate of drug-likeness (QED) is 0.754. The largest absolute Gasteiger partial charge is 0.383 e. The molecule has 0 unspecified atom stereocenters. The van der Waals surface area contributed by atoms with Gasteiger partial charge in [-0.25, -0.2) is 4.98 Å². The minimum Gasteiger partial charge on any atom is -0.383 e. The Morgan fingerprint density at radius 2 is 2.33 bits per heavy atom. The average molecular weight is 226 g/mol. The summed E-state index contributed by atoms with van der Waals surface area (Å²) in [6, 6.07) is 2.68. The Kier molecular flexibility index (Phi) is 3.44. The zero-order chi connectivity index (χ0) is 10.7. The Labute approximate surface area is 95.0 Å². The van der Waals surface area contributed by atoms with E-state index in [0.717, 1.165) is 31.0 Å². The van der Waals surface area contributed by atoms with Crippen molar-refractivity contribution >= 4 is 17.4 Å². The van der Waals surface area contributed by atoms with E-state index in [9.17, 15) is 0 Å². The summed E-state index contributed by atoms with van der Waals surface area (Å²) in [6.07, 6.45) is 6.28. The molecule has 1 heterocycles. The highest BCUT2D eigenvalue weighted by atomic mass is 35.5. The second-order valence-electron chi connectivity index (χ2n) is 4.03. The average Bonchev–Trinajstić information content (AvgIpc) is 3.01. The normalized spacial score (nSPS) is 15.5. The Morgan fingerprint density at radius 1 is 1.53 bits per heavy atom. The van der Waals surface area contributed by atoms with Crippen molar-refractivity contribution in [3.63, 3.8) is 0 Å². The molecule has 1 aliphatic rings. The van der Waals surface area contributed by atoms with Crippen LogP contribution in [-0.2, 0) is 6.42 Å². The van der Waals surface area contributed by atoms with Gasteiger partial charge in [-0.3, -0.25) is 0 Å². The van der Waals surface area contributed by atoms with Gasteiger partial charge in [0, 0.05) is 12.2 Å². The highest BCUT2D eigenvalue weighted by molar-refractivity contribution is 6.30. The number of aryl methyl sites for hydroxylation is 1. The minimum atomic E-state index is 0.603. The number of hydrogen-bond donors (Lipinski definition) is 2. The summed E-state index contributed by atoms with van der Waals surface area (Å²) in [5, 5.41) is 4.13. The lowest BCUT2D eigenvalue weighted by molar-refractivity contribution is 0.645. The summed E-state index contributed by atoms with van der Waals surface area (Å²) < 4.78 is 0. The van der Waals surface area contributed by atoms with Gasteiger partial charge < -0.3 is 11.1 Å². The van der Waals surface area contributed by atoms with Crippen molar-refractivity contribution in [3.8, 4) is 0 Å². The number of pyridine rings is 1. The number of anilines is 1. The Hall–Kier alpha value is -0.800. The van der Waals surface area contributed by atoms with E-state index in [1.54, 1.807) is 6.20 Å². The Morgan fingerprint density at radius 3 is 3.07 bits per heavy atom. The number of nitrogens with zero attached hydrogens (tertiary/aromatic N) is 1. The molecular weight excluding hydrogens is 210 g/mol. The zero-order valence-corrected chi connectivity index (χ0v) is 9.43. The molecule has 0 saturated heterocycles. The van der Waals surface area contributed by atoms with Gasteiger partial charge in [-0.2, -0.15) is 0 Å². The fourth-order valence-electron chi connectivity index (χ4n) is 1.56. The Bertz CT molecular complexity index is 337. The molecule has 1 fully saturated rings. The molecule has 0 aromatic carbocycles. The lowest BCUT2D eigenvalue weighted by Crippen LogP contribution is -2.18. The number of rotatable bonds is 5. The molecule has 0 amide bonds. The lowest BCUT2D eigenvalue weighted by Gasteiger charge is -2.05. The zero-order valence-electron chi connectivity index (χ0n) is 8.67. The van der Waals surface area contributed by atoms with Gasteiger partial charge in [0.2, 0.25) is 0 Å². The molecule has 0 atom stereocenters. The van der Waals surface area contributed by atoms with E-state index in [1.807, 2.05) is 6.07 Å². The molecule has 1 saturated carbocycles. The molecule has 0 radical (unpaired) electrons. The molecule has 3 N–H and O–H groups in total. The van der Waals surface area contributed by atoms with E-state index in [0.29, 0.717) is 10.8 Å². The molecule has 1 aromatic heterocycles. The monoisotopic (exact) mass is 225 g/mol. The van der Waals surface area contributed by atoms with E-state index in [4.69, 9.17) is 17.3 Å². The third kappa shape index (κ3) is 3.36. The van der Waals surface area contributed by atoms with Gasteiger partial charge in [-0.15, -0.1) is 0 Å². The van der Waals surface area contributed by atoms with E-state index in [-0.39, 0.29) is 0 Å². The maximum atomic E-state index is 5.86. The van der Waals surface area contributed by atoms with Crippen molar-refractivity contribution in [2.75, 3.05) is 12.3 Å². The van der Waals surface area contributed by atoms with Crippen molar-refractivity contribution < 1.29 is 0 Å². The number of nitrogen functional groups attached to an aromatic ring is 1. The van der Waals surface area contributed by atoms with Crippen molar-refractivity contribution in [1.82, 2.24) is 10.3 Å². The van der Waals surface area contributed by atoms with Crippen LogP contribution < -0.4 is 11.1 Å². The first-order valence-corrected chi connectivity index (χ1v) is 5.77. The van der Waals surface area contributed by atoms with Crippen LogP contribution in [-0.4, -0.2) is 17.6 Å². The van der Waals surface area contributed by atoms with Crippen LogP contribution >= 0.6 is 11.6 Å². The predicted molar refractivity (Wildman–Crippen MR) is 63.0 cm³/mol. The van der Waals surface area contributed by atoms with Crippen LogP contribution in [0.15, 0.2) is 12.3 Å². The fraction of sp³-hybridized carbons (Fsp3) is 0.545. The molecule has 0 bridgehead atoms. The van der Waals surface area contributed by atoms with Gasteiger partial charge in [0.1, 0.15) is 5.82 Å². The van der Waals surface area contributed by atoms with E-state index < -0.39 is 0 Å².